The lowest BCUT2D eigenvalue weighted by atomic mass is 10.3. The maximum Gasteiger partial charge on any atom is 0.258 e. The van der Waals surface area contributed by atoms with Crippen molar-refractivity contribution in [3.8, 4) is 0 Å². The molecule has 0 amide bonds. The molecule has 0 N–H and O–H groups in total. The molecule has 0 saturated carbocycles. The molecule has 0 radical (unpaired) electrons. The maximum absolute atomic E-state index is 10.6. The number of carboxylic acids is 1. The Hall–Kier alpha value is -0.510. The van der Waals surface area contributed by atoms with Gasteiger partial charge in [0.1, 0.15) is 12.5 Å². The van der Waals surface area contributed by atoms with Crippen LogP contribution >= 0.6 is 11.8 Å². The van der Waals surface area contributed by atoms with Crippen molar-refractivity contribution in [1.29, 1.82) is 0 Å². The third kappa shape index (κ3) is 2.24. The SMILES string of the molecule is CCCC[N+]1=C(C(=O)[O-])SCC1. The molecule has 0 bridgehead atoms. The second kappa shape index (κ2) is 4.50. The summed E-state index contributed by atoms with van der Waals surface area (Å²) in [5.41, 5.74) is 0. The van der Waals surface area contributed by atoms with Gasteiger partial charge in [-0.3, -0.25) is 0 Å². The summed E-state index contributed by atoms with van der Waals surface area (Å²) in [5.74, 6) is -0.138. The summed E-state index contributed by atoms with van der Waals surface area (Å²) in [5, 5.41) is 11.0. The van der Waals surface area contributed by atoms with Gasteiger partial charge in [-0.1, -0.05) is 13.3 Å². The molecule has 0 aromatic carbocycles. The third-order valence-corrected chi connectivity index (χ3v) is 2.93. The summed E-state index contributed by atoms with van der Waals surface area (Å²) in [6, 6.07) is 0. The Morgan fingerprint density at radius 3 is 3.08 bits per heavy atom. The summed E-state index contributed by atoms with van der Waals surface area (Å²) in [6.45, 7) is 3.81. The van der Waals surface area contributed by atoms with Crippen LogP contribution in [0.15, 0.2) is 0 Å². The minimum absolute atomic E-state index is 0.420. The fraction of sp³-hybridized carbons (Fsp3) is 0.750. The quantitative estimate of drug-likeness (QED) is 0.567. The van der Waals surface area contributed by atoms with Gasteiger partial charge in [0.25, 0.3) is 5.04 Å². The van der Waals surface area contributed by atoms with Crippen LogP contribution in [0, 0.1) is 0 Å². The Balaban J connectivity index is 2.57. The predicted molar refractivity (Wildman–Crippen MR) is 47.4 cm³/mol. The van der Waals surface area contributed by atoms with Crippen LogP contribution in [0.2, 0.25) is 0 Å². The molecule has 1 aliphatic rings. The van der Waals surface area contributed by atoms with Gasteiger partial charge in [-0.25, -0.2) is 4.58 Å². The molecule has 1 heterocycles. The fourth-order valence-corrected chi connectivity index (χ4v) is 2.18. The van der Waals surface area contributed by atoms with E-state index < -0.39 is 5.97 Å². The summed E-state index contributed by atoms with van der Waals surface area (Å²) in [6.07, 6.45) is 2.15. The molecule has 12 heavy (non-hydrogen) atoms. The number of carbonyl (C=O) groups excluding carboxylic acids is 1. The third-order valence-electron chi connectivity index (χ3n) is 1.84. The number of unbranched alkanes of at least 4 members (excludes halogenated alkanes) is 1. The van der Waals surface area contributed by atoms with Crippen LogP contribution in [0.4, 0.5) is 0 Å². The smallest absolute Gasteiger partial charge is 0.258 e. The van der Waals surface area contributed by atoms with Gasteiger partial charge in [-0.2, -0.15) is 0 Å². The lowest BCUT2D eigenvalue weighted by Crippen LogP contribution is -2.34. The topological polar surface area (TPSA) is 43.1 Å². The molecule has 0 spiro atoms. The van der Waals surface area contributed by atoms with Crippen LogP contribution in [-0.2, 0) is 4.79 Å². The molecule has 0 fully saturated rings. The van der Waals surface area contributed by atoms with E-state index in [-0.39, 0.29) is 0 Å². The van der Waals surface area contributed by atoms with E-state index in [0.29, 0.717) is 5.04 Å². The molecule has 0 saturated heterocycles. The van der Waals surface area contributed by atoms with Crippen molar-refractivity contribution in [2.24, 2.45) is 0 Å². The van der Waals surface area contributed by atoms with E-state index in [0.717, 1.165) is 31.7 Å². The second-order valence-electron chi connectivity index (χ2n) is 2.78. The van der Waals surface area contributed by atoms with E-state index in [2.05, 4.69) is 6.92 Å². The molecule has 0 atom stereocenters. The van der Waals surface area contributed by atoms with Gasteiger partial charge < -0.3 is 9.90 Å². The van der Waals surface area contributed by atoms with Crippen molar-refractivity contribution < 1.29 is 14.5 Å². The average Bonchev–Trinajstić information content (AvgIpc) is 2.48. The fourth-order valence-electron chi connectivity index (χ4n) is 1.20. The Labute approximate surface area is 76.5 Å². The maximum atomic E-state index is 10.6. The van der Waals surface area contributed by atoms with Crippen LogP contribution in [0.1, 0.15) is 19.8 Å². The van der Waals surface area contributed by atoms with Gasteiger partial charge in [0, 0.05) is 6.42 Å². The zero-order valence-electron chi connectivity index (χ0n) is 7.21. The molecule has 1 aliphatic heterocycles. The van der Waals surface area contributed by atoms with Crippen molar-refractivity contribution in [2.45, 2.75) is 19.8 Å². The number of hydrogen-bond acceptors (Lipinski definition) is 3. The Kier molecular flexibility index (Phi) is 3.59. The van der Waals surface area contributed by atoms with Crippen molar-refractivity contribution in [3.05, 3.63) is 0 Å². The summed E-state index contributed by atoms with van der Waals surface area (Å²) in [4.78, 5) is 10.6. The molecule has 4 heteroatoms. The first-order valence-corrected chi connectivity index (χ1v) is 5.20. The van der Waals surface area contributed by atoms with Gasteiger partial charge in [0.05, 0.1) is 5.75 Å². The normalized spacial score (nSPS) is 17.1. The lowest BCUT2D eigenvalue weighted by Gasteiger charge is -2.00. The highest BCUT2D eigenvalue weighted by Gasteiger charge is 2.23. The summed E-state index contributed by atoms with van der Waals surface area (Å²) >= 11 is 1.39. The van der Waals surface area contributed by atoms with Crippen LogP contribution in [0.5, 0.6) is 0 Å². The van der Waals surface area contributed by atoms with Gasteiger partial charge in [0.15, 0.2) is 6.54 Å². The molecule has 0 aromatic rings. The zero-order valence-corrected chi connectivity index (χ0v) is 8.02. The summed E-state index contributed by atoms with van der Waals surface area (Å²) in [7, 11) is 0. The zero-order chi connectivity index (χ0) is 8.97. The number of rotatable bonds is 4. The van der Waals surface area contributed by atoms with E-state index in [1.807, 2.05) is 4.58 Å². The average molecular weight is 187 g/mol. The molecular formula is C8H13NO2S. The molecule has 0 unspecified atom stereocenters. The van der Waals surface area contributed by atoms with Crippen molar-refractivity contribution in [1.82, 2.24) is 0 Å². The van der Waals surface area contributed by atoms with Crippen molar-refractivity contribution >= 4 is 22.8 Å². The van der Waals surface area contributed by atoms with Gasteiger partial charge in [-0.05, 0) is 11.8 Å². The first-order chi connectivity index (χ1) is 5.75. The van der Waals surface area contributed by atoms with Crippen molar-refractivity contribution in [2.75, 3.05) is 18.8 Å². The highest BCUT2D eigenvalue weighted by molar-refractivity contribution is 8.15. The van der Waals surface area contributed by atoms with Crippen LogP contribution in [0.25, 0.3) is 0 Å². The van der Waals surface area contributed by atoms with E-state index in [1.165, 1.54) is 11.8 Å². The highest BCUT2D eigenvalue weighted by atomic mass is 32.2. The number of aliphatic carboxylic acids is 1. The van der Waals surface area contributed by atoms with Gasteiger partial charge in [0.2, 0.25) is 0 Å². The highest BCUT2D eigenvalue weighted by Crippen LogP contribution is 2.11. The lowest BCUT2D eigenvalue weighted by molar-refractivity contribution is -0.519. The molecular weight excluding hydrogens is 174 g/mol. The minimum Gasteiger partial charge on any atom is -0.539 e. The molecule has 1 rings (SSSR count). The Morgan fingerprint density at radius 2 is 2.50 bits per heavy atom. The number of carboxylic acid groups (broad SMARTS) is 1. The first-order valence-electron chi connectivity index (χ1n) is 4.21. The number of hydrogen-bond donors (Lipinski definition) is 0. The molecule has 3 nitrogen and oxygen atoms in total. The number of carbonyl (C=O) groups is 1. The van der Waals surface area contributed by atoms with E-state index in [9.17, 15) is 9.90 Å². The van der Waals surface area contributed by atoms with Gasteiger partial charge in [-0.15, -0.1) is 0 Å². The van der Waals surface area contributed by atoms with E-state index in [4.69, 9.17) is 0 Å². The van der Waals surface area contributed by atoms with E-state index in [1.54, 1.807) is 0 Å². The second-order valence-corrected chi connectivity index (χ2v) is 3.87. The van der Waals surface area contributed by atoms with Gasteiger partial charge >= 0.3 is 0 Å². The van der Waals surface area contributed by atoms with Crippen LogP contribution in [0.3, 0.4) is 0 Å². The molecule has 68 valence electrons. The Bertz CT molecular complexity index is 213. The Morgan fingerprint density at radius 1 is 1.75 bits per heavy atom. The van der Waals surface area contributed by atoms with E-state index >= 15 is 0 Å². The standard InChI is InChI=1S/C8H13NO2S/c1-2-3-4-9-5-6-12-7(9)8(10)11/h2-6H2,1H3. The molecule has 0 aliphatic carbocycles. The number of thioether (sulfide) groups is 1. The first kappa shape index (κ1) is 9.58. The predicted octanol–water partition coefficient (Wildman–Crippen LogP) is -0.306. The summed E-state index contributed by atoms with van der Waals surface area (Å²) < 4.78 is 1.91. The molecule has 0 aromatic heterocycles. The van der Waals surface area contributed by atoms with Crippen LogP contribution < -0.4 is 5.11 Å². The minimum atomic E-state index is -1.02. The van der Waals surface area contributed by atoms with Crippen molar-refractivity contribution in [3.63, 3.8) is 0 Å². The monoisotopic (exact) mass is 187 g/mol. The van der Waals surface area contributed by atoms with Crippen LogP contribution in [-0.4, -0.2) is 34.4 Å². The largest absolute Gasteiger partial charge is 0.539 e. The number of nitrogens with zero attached hydrogens (tertiary/aromatic N) is 1.